The van der Waals surface area contributed by atoms with Gasteiger partial charge in [-0.3, -0.25) is 4.84 Å². The highest BCUT2D eigenvalue weighted by Crippen LogP contribution is 2.19. The second-order valence-electron chi connectivity index (χ2n) is 4.02. The SMILES string of the molecule is Nc1ccccc1CS(=O)(=O)N1CCCCO1. The highest BCUT2D eigenvalue weighted by Gasteiger charge is 2.26. The zero-order valence-electron chi connectivity index (χ0n) is 9.50. The Balaban J connectivity index is 2.14. The molecule has 1 aliphatic heterocycles. The van der Waals surface area contributed by atoms with Crippen LogP contribution in [0.4, 0.5) is 5.69 Å². The molecule has 0 amide bonds. The number of hydrogen-bond acceptors (Lipinski definition) is 4. The third kappa shape index (κ3) is 2.96. The first-order chi connectivity index (χ1) is 8.09. The van der Waals surface area contributed by atoms with E-state index in [4.69, 9.17) is 10.6 Å². The lowest BCUT2D eigenvalue weighted by Crippen LogP contribution is -2.36. The highest BCUT2D eigenvalue weighted by molar-refractivity contribution is 7.88. The normalized spacial score (nSPS) is 18.1. The monoisotopic (exact) mass is 256 g/mol. The molecule has 5 nitrogen and oxygen atoms in total. The Hall–Kier alpha value is -1.11. The van der Waals surface area contributed by atoms with Gasteiger partial charge in [-0.05, 0) is 24.5 Å². The van der Waals surface area contributed by atoms with Crippen molar-refractivity contribution in [2.24, 2.45) is 0 Å². The van der Waals surface area contributed by atoms with Crippen LogP contribution in [0.3, 0.4) is 0 Å². The molecule has 1 aromatic rings. The number of hydrogen-bond donors (Lipinski definition) is 1. The second kappa shape index (κ2) is 5.03. The van der Waals surface area contributed by atoms with Crippen molar-refractivity contribution in [2.45, 2.75) is 18.6 Å². The zero-order chi connectivity index (χ0) is 12.3. The molecule has 1 aliphatic rings. The molecular formula is C11H16N2O3S. The molecule has 94 valence electrons. The summed E-state index contributed by atoms with van der Waals surface area (Å²) in [5.74, 6) is -0.111. The minimum atomic E-state index is -3.43. The van der Waals surface area contributed by atoms with Crippen LogP contribution in [0.15, 0.2) is 24.3 Å². The minimum Gasteiger partial charge on any atom is -0.398 e. The molecule has 0 spiro atoms. The van der Waals surface area contributed by atoms with Crippen molar-refractivity contribution >= 4 is 15.7 Å². The van der Waals surface area contributed by atoms with Crippen LogP contribution in [-0.2, 0) is 20.6 Å². The van der Waals surface area contributed by atoms with Gasteiger partial charge in [0.05, 0.1) is 12.4 Å². The molecule has 0 bridgehead atoms. The number of rotatable bonds is 3. The van der Waals surface area contributed by atoms with Crippen molar-refractivity contribution < 1.29 is 13.3 Å². The predicted octanol–water partition coefficient (Wildman–Crippen LogP) is 1.13. The quantitative estimate of drug-likeness (QED) is 0.823. The Morgan fingerprint density at radius 3 is 2.71 bits per heavy atom. The van der Waals surface area contributed by atoms with Crippen LogP contribution in [0.2, 0.25) is 0 Å². The number of nitrogen functional groups attached to an aromatic ring is 1. The molecule has 0 unspecified atom stereocenters. The van der Waals surface area contributed by atoms with Crippen molar-refractivity contribution in [3.8, 4) is 0 Å². The largest absolute Gasteiger partial charge is 0.398 e. The third-order valence-corrected chi connectivity index (χ3v) is 4.26. The van der Waals surface area contributed by atoms with Gasteiger partial charge in [0, 0.05) is 12.2 Å². The van der Waals surface area contributed by atoms with Gasteiger partial charge in [-0.1, -0.05) is 22.7 Å². The van der Waals surface area contributed by atoms with Crippen LogP contribution in [0.1, 0.15) is 18.4 Å². The third-order valence-electron chi connectivity index (χ3n) is 2.67. The van der Waals surface area contributed by atoms with Crippen LogP contribution in [-0.4, -0.2) is 26.0 Å². The summed E-state index contributed by atoms with van der Waals surface area (Å²) in [4.78, 5) is 5.16. The fraction of sp³-hybridized carbons (Fsp3) is 0.455. The predicted molar refractivity (Wildman–Crippen MR) is 65.4 cm³/mol. The molecule has 0 aliphatic carbocycles. The van der Waals surface area contributed by atoms with Gasteiger partial charge < -0.3 is 5.73 Å². The Labute approximate surface area is 101 Å². The number of para-hydroxylation sites is 1. The fourth-order valence-electron chi connectivity index (χ4n) is 1.73. The van der Waals surface area contributed by atoms with E-state index in [0.717, 1.165) is 17.3 Å². The average Bonchev–Trinajstić information content (AvgIpc) is 2.33. The van der Waals surface area contributed by atoms with E-state index in [9.17, 15) is 8.42 Å². The van der Waals surface area contributed by atoms with E-state index < -0.39 is 10.0 Å². The van der Waals surface area contributed by atoms with E-state index >= 15 is 0 Å². The van der Waals surface area contributed by atoms with Crippen molar-refractivity contribution in [2.75, 3.05) is 18.9 Å². The Bertz CT molecular complexity index is 481. The summed E-state index contributed by atoms with van der Waals surface area (Å²) in [6.07, 6.45) is 1.74. The Morgan fingerprint density at radius 2 is 2.06 bits per heavy atom. The first kappa shape index (κ1) is 12.3. The smallest absolute Gasteiger partial charge is 0.240 e. The molecular weight excluding hydrogens is 240 g/mol. The zero-order valence-corrected chi connectivity index (χ0v) is 10.3. The Morgan fingerprint density at radius 1 is 1.29 bits per heavy atom. The summed E-state index contributed by atoms with van der Waals surface area (Å²) in [5, 5.41) is 0. The number of anilines is 1. The number of nitrogens with zero attached hydrogens (tertiary/aromatic N) is 1. The maximum atomic E-state index is 12.1. The van der Waals surface area contributed by atoms with Gasteiger partial charge in [0.2, 0.25) is 10.0 Å². The van der Waals surface area contributed by atoms with E-state index in [0.29, 0.717) is 24.4 Å². The summed E-state index contributed by atoms with van der Waals surface area (Å²) in [6, 6.07) is 6.97. The molecule has 0 atom stereocenters. The van der Waals surface area contributed by atoms with E-state index in [1.165, 1.54) is 0 Å². The van der Waals surface area contributed by atoms with Gasteiger partial charge in [-0.15, -0.1) is 0 Å². The number of nitrogens with two attached hydrogens (primary N) is 1. The molecule has 6 heteroatoms. The molecule has 0 aromatic heterocycles. The molecule has 2 rings (SSSR count). The summed E-state index contributed by atoms with van der Waals surface area (Å²) >= 11 is 0. The van der Waals surface area contributed by atoms with Gasteiger partial charge in [-0.2, -0.15) is 0 Å². The molecule has 1 heterocycles. The summed E-state index contributed by atoms with van der Waals surface area (Å²) in [5.41, 5.74) is 6.84. The van der Waals surface area contributed by atoms with E-state index in [2.05, 4.69) is 0 Å². The standard InChI is InChI=1S/C11H16N2O3S/c12-11-6-2-1-5-10(11)9-17(14,15)13-7-3-4-8-16-13/h1-2,5-6H,3-4,7-9,12H2. The first-order valence-electron chi connectivity index (χ1n) is 5.56. The molecule has 0 radical (unpaired) electrons. The van der Waals surface area contributed by atoms with E-state index in [1.54, 1.807) is 24.3 Å². The lowest BCUT2D eigenvalue weighted by molar-refractivity contribution is -0.109. The molecule has 2 N–H and O–H groups in total. The first-order valence-corrected chi connectivity index (χ1v) is 7.17. The van der Waals surface area contributed by atoms with Crippen LogP contribution in [0.5, 0.6) is 0 Å². The summed E-state index contributed by atoms with van der Waals surface area (Å²) in [6.45, 7) is 0.887. The minimum absolute atomic E-state index is 0.111. The second-order valence-corrected chi connectivity index (χ2v) is 5.88. The van der Waals surface area contributed by atoms with Gasteiger partial charge in [-0.25, -0.2) is 8.42 Å². The maximum absolute atomic E-state index is 12.1. The molecule has 17 heavy (non-hydrogen) atoms. The molecule has 0 saturated carbocycles. The van der Waals surface area contributed by atoms with Gasteiger partial charge >= 0.3 is 0 Å². The van der Waals surface area contributed by atoms with Gasteiger partial charge in [0.25, 0.3) is 0 Å². The van der Waals surface area contributed by atoms with Crippen LogP contribution >= 0.6 is 0 Å². The van der Waals surface area contributed by atoms with E-state index in [1.807, 2.05) is 0 Å². The fourth-order valence-corrected chi connectivity index (χ4v) is 3.17. The van der Waals surface area contributed by atoms with Crippen molar-refractivity contribution in [1.29, 1.82) is 0 Å². The van der Waals surface area contributed by atoms with Crippen molar-refractivity contribution in [3.63, 3.8) is 0 Å². The maximum Gasteiger partial charge on any atom is 0.240 e. The number of hydroxylamine groups is 1. The van der Waals surface area contributed by atoms with Crippen molar-refractivity contribution in [1.82, 2.24) is 4.47 Å². The lowest BCUT2D eigenvalue weighted by atomic mass is 10.2. The Kier molecular flexibility index (Phi) is 3.66. The highest BCUT2D eigenvalue weighted by atomic mass is 32.2. The topological polar surface area (TPSA) is 72.6 Å². The summed E-state index contributed by atoms with van der Waals surface area (Å²) in [7, 11) is -3.43. The average molecular weight is 256 g/mol. The van der Waals surface area contributed by atoms with Gasteiger partial charge in [0.15, 0.2) is 0 Å². The molecule has 1 aromatic carbocycles. The van der Waals surface area contributed by atoms with Crippen LogP contribution in [0, 0.1) is 0 Å². The number of sulfonamides is 1. The molecule has 1 fully saturated rings. The van der Waals surface area contributed by atoms with E-state index in [-0.39, 0.29) is 5.75 Å². The summed E-state index contributed by atoms with van der Waals surface area (Å²) < 4.78 is 25.2. The van der Waals surface area contributed by atoms with Crippen LogP contribution in [0.25, 0.3) is 0 Å². The molecule has 1 saturated heterocycles. The van der Waals surface area contributed by atoms with Crippen molar-refractivity contribution in [3.05, 3.63) is 29.8 Å². The number of benzene rings is 1. The van der Waals surface area contributed by atoms with Gasteiger partial charge in [0.1, 0.15) is 0 Å². The van der Waals surface area contributed by atoms with Crippen LogP contribution < -0.4 is 5.73 Å². The lowest BCUT2D eigenvalue weighted by Gasteiger charge is -2.25.